The van der Waals surface area contributed by atoms with Crippen molar-refractivity contribution in [2.75, 3.05) is 7.05 Å². The predicted octanol–water partition coefficient (Wildman–Crippen LogP) is 1.68. The standard InChI is InChI=1S/C14H10N2O3/c1-16-13(18)10-9(17)7-15-12(11(10)14(16)19)8-5-3-2-4-6-8/h2-7,17H,1H3. The molecule has 0 fully saturated rings. The Labute approximate surface area is 109 Å². The topological polar surface area (TPSA) is 70.5 Å². The van der Waals surface area contributed by atoms with E-state index in [4.69, 9.17) is 0 Å². The minimum absolute atomic E-state index is 0.0290. The molecule has 1 aliphatic rings. The third-order valence-electron chi connectivity index (χ3n) is 3.14. The van der Waals surface area contributed by atoms with Gasteiger partial charge in [-0.25, -0.2) is 0 Å². The summed E-state index contributed by atoms with van der Waals surface area (Å²) in [6.07, 6.45) is 1.20. The summed E-state index contributed by atoms with van der Waals surface area (Å²) < 4.78 is 0. The fraction of sp³-hybridized carbons (Fsp3) is 0.0714. The van der Waals surface area contributed by atoms with Gasteiger partial charge in [-0.15, -0.1) is 0 Å². The summed E-state index contributed by atoms with van der Waals surface area (Å²) in [7, 11) is 1.39. The second-order valence-corrected chi connectivity index (χ2v) is 4.28. The molecule has 0 bridgehead atoms. The van der Waals surface area contributed by atoms with Crippen LogP contribution >= 0.6 is 0 Å². The van der Waals surface area contributed by atoms with Crippen molar-refractivity contribution in [2.45, 2.75) is 0 Å². The molecule has 1 aromatic carbocycles. The molecule has 19 heavy (non-hydrogen) atoms. The lowest BCUT2D eigenvalue weighted by Gasteiger charge is -2.06. The van der Waals surface area contributed by atoms with Crippen molar-refractivity contribution in [2.24, 2.45) is 0 Å². The highest BCUT2D eigenvalue weighted by Gasteiger charge is 2.38. The fourth-order valence-electron chi connectivity index (χ4n) is 2.17. The molecule has 3 rings (SSSR count). The molecule has 2 amide bonds. The summed E-state index contributed by atoms with van der Waals surface area (Å²) >= 11 is 0. The van der Waals surface area contributed by atoms with Crippen molar-refractivity contribution in [1.82, 2.24) is 9.88 Å². The average Bonchev–Trinajstić information content (AvgIpc) is 2.66. The number of rotatable bonds is 1. The first-order valence-corrected chi connectivity index (χ1v) is 5.71. The molecule has 5 nitrogen and oxygen atoms in total. The van der Waals surface area contributed by atoms with Gasteiger partial charge in [0, 0.05) is 12.6 Å². The van der Waals surface area contributed by atoms with Gasteiger partial charge in [0.15, 0.2) is 0 Å². The number of amides is 2. The SMILES string of the molecule is CN1C(=O)c2c(O)cnc(-c3ccccc3)c2C1=O. The lowest BCUT2D eigenvalue weighted by molar-refractivity contribution is 0.0692. The van der Waals surface area contributed by atoms with Gasteiger partial charge in [0.05, 0.1) is 23.0 Å². The van der Waals surface area contributed by atoms with Crippen LogP contribution in [-0.4, -0.2) is 33.9 Å². The maximum Gasteiger partial charge on any atom is 0.265 e. The number of fused-ring (bicyclic) bond motifs is 1. The second kappa shape index (κ2) is 3.91. The summed E-state index contributed by atoms with van der Waals surface area (Å²) in [6.45, 7) is 0. The van der Waals surface area contributed by atoms with Crippen molar-refractivity contribution in [3.05, 3.63) is 47.7 Å². The minimum atomic E-state index is -0.503. The van der Waals surface area contributed by atoms with Crippen LogP contribution < -0.4 is 0 Å². The third-order valence-corrected chi connectivity index (χ3v) is 3.14. The Morgan fingerprint density at radius 2 is 1.68 bits per heavy atom. The Kier molecular flexibility index (Phi) is 2.35. The molecule has 5 heteroatoms. The monoisotopic (exact) mass is 254 g/mol. The lowest BCUT2D eigenvalue weighted by Crippen LogP contribution is -2.24. The van der Waals surface area contributed by atoms with Crippen molar-refractivity contribution in [1.29, 1.82) is 0 Å². The molecular formula is C14H10N2O3. The zero-order chi connectivity index (χ0) is 13.6. The highest BCUT2D eigenvalue weighted by molar-refractivity contribution is 6.24. The molecule has 0 unspecified atom stereocenters. The van der Waals surface area contributed by atoms with Crippen LogP contribution in [-0.2, 0) is 0 Å². The number of aromatic nitrogens is 1. The maximum absolute atomic E-state index is 12.1. The van der Waals surface area contributed by atoms with E-state index in [1.807, 2.05) is 18.2 Å². The molecule has 0 aliphatic carbocycles. The van der Waals surface area contributed by atoms with E-state index in [9.17, 15) is 14.7 Å². The summed E-state index contributed by atoms with van der Waals surface area (Å²) in [5.41, 5.74) is 1.34. The van der Waals surface area contributed by atoms with Gasteiger partial charge in [0.25, 0.3) is 11.8 Å². The predicted molar refractivity (Wildman–Crippen MR) is 67.8 cm³/mol. The molecule has 0 spiro atoms. The molecule has 1 N–H and O–H groups in total. The van der Waals surface area contributed by atoms with Gasteiger partial charge in [-0.05, 0) is 0 Å². The first kappa shape index (κ1) is 11.4. The van der Waals surface area contributed by atoms with Gasteiger partial charge in [0.2, 0.25) is 0 Å². The normalized spacial score (nSPS) is 13.8. The molecule has 94 valence electrons. The summed E-state index contributed by atoms with van der Waals surface area (Å²) in [4.78, 5) is 29.1. The van der Waals surface area contributed by atoms with Crippen LogP contribution in [0.4, 0.5) is 0 Å². The number of pyridine rings is 1. The molecular weight excluding hydrogens is 244 g/mol. The van der Waals surface area contributed by atoms with Crippen LogP contribution in [0, 0.1) is 0 Å². The van der Waals surface area contributed by atoms with Crippen molar-refractivity contribution < 1.29 is 14.7 Å². The van der Waals surface area contributed by atoms with Gasteiger partial charge in [-0.1, -0.05) is 30.3 Å². The lowest BCUT2D eigenvalue weighted by atomic mass is 10.0. The highest BCUT2D eigenvalue weighted by Crippen LogP contribution is 2.35. The van der Waals surface area contributed by atoms with E-state index in [2.05, 4.69) is 4.98 Å². The van der Waals surface area contributed by atoms with Gasteiger partial charge in [0.1, 0.15) is 5.75 Å². The second-order valence-electron chi connectivity index (χ2n) is 4.28. The van der Waals surface area contributed by atoms with Crippen LogP contribution in [0.5, 0.6) is 5.75 Å². The Morgan fingerprint density at radius 1 is 1.05 bits per heavy atom. The first-order chi connectivity index (χ1) is 9.11. The number of hydrogen-bond acceptors (Lipinski definition) is 4. The number of aromatic hydroxyl groups is 1. The average molecular weight is 254 g/mol. The van der Waals surface area contributed by atoms with E-state index in [0.29, 0.717) is 5.69 Å². The van der Waals surface area contributed by atoms with E-state index in [1.54, 1.807) is 12.1 Å². The Hall–Kier alpha value is -2.69. The Bertz CT molecular complexity index is 695. The highest BCUT2D eigenvalue weighted by atomic mass is 16.3. The van der Waals surface area contributed by atoms with E-state index in [1.165, 1.54) is 13.2 Å². The van der Waals surface area contributed by atoms with Gasteiger partial charge < -0.3 is 5.11 Å². The van der Waals surface area contributed by atoms with Crippen LogP contribution in [0.1, 0.15) is 20.7 Å². The van der Waals surface area contributed by atoms with Crippen LogP contribution in [0.25, 0.3) is 11.3 Å². The first-order valence-electron chi connectivity index (χ1n) is 5.71. The minimum Gasteiger partial charge on any atom is -0.505 e. The van der Waals surface area contributed by atoms with E-state index < -0.39 is 11.8 Å². The number of nitrogens with zero attached hydrogens (tertiary/aromatic N) is 2. The maximum atomic E-state index is 12.1. The molecule has 0 radical (unpaired) electrons. The van der Waals surface area contributed by atoms with Crippen LogP contribution in [0.2, 0.25) is 0 Å². The van der Waals surface area contributed by atoms with Crippen LogP contribution in [0.3, 0.4) is 0 Å². The van der Waals surface area contributed by atoms with Crippen molar-refractivity contribution in [3.63, 3.8) is 0 Å². The van der Waals surface area contributed by atoms with Gasteiger partial charge in [-0.3, -0.25) is 19.5 Å². The summed E-state index contributed by atoms with van der Waals surface area (Å²) in [5, 5.41) is 9.75. The third kappa shape index (κ3) is 1.52. The fourth-order valence-corrected chi connectivity index (χ4v) is 2.17. The summed E-state index contributed by atoms with van der Waals surface area (Å²) in [5.74, 6) is -1.21. The molecule has 0 saturated carbocycles. The number of carbonyl (C=O) groups is 2. The molecule has 1 aromatic heterocycles. The number of benzene rings is 1. The van der Waals surface area contributed by atoms with E-state index in [0.717, 1.165) is 10.5 Å². The smallest absolute Gasteiger partial charge is 0.265 e. The Balaban J connectivity index is 2.32. The Morgan fingerprint density at radius 3 is 2.37 bits per heavy atom. The quantitative estimate of drug-likeness (QED) is 0.786. The zero-order valence-corrected chi connectivity index (χ0v) is 10.1. The zero-order valence-electron chi connectivity index (χ0n) is 10.1. The number of imide groups is 1. The molecule has 0 atom stereocenters. The largest absolute Gasteiger partial charge is 0.505 e. The van der Waals surface area contributed by atoms with Crippen molar-refractivity contribution >= 4 is 11.8 Å². The molecule has 1 aliphatic heterocycles. The van der Waals surface area contributed by atoms with Gasteiger partial charge in [-0.2, -0.15) is 0 Å². The molecule has 2 heterocycles. The van der Waals surface area contributed by atoms with E-state index in [-0.39, 0.29) is 16.9 Å². The van der Waals surface area contributed by atoms with Crippen LogP contribution in [0.15, 0.2) is 36.5 Å². The van der Waals surface area contributed by atoms with Crippen molar-refractivity contribution in [3.8, 4) is 17.0 Å². The molecule has 0 saturated heterocycles. The number of carbonyl (C=O) groups excluding carboxylic acids is 2. The number of hydrogen-bond donors (Lipinski definition) is 1. The van der Waals surface area contributed by atoms with Gasteiger partial charge >= 0.3 is 0 Å². The summed E-state index contributed by atoms with van der Waals surface area (Å²) in [6, 6.07) is 9.09. The van der Waals surface area contributed by atoms with E-state index >= 15 is 0 Å². The molecule has 2 aromatic rings.